The van der Waals surface area contributed by atoms with Crippen molar-refractivity contribution in [3.63, 3.8) is 0 Å². The minimum Gasteiger partial charge on any atom is -0.495 e. The zero-order valence-corrected chi connectivity index (χ0v) is 20.4. The van der Waals surface area contributed by atoms with E-state index in [2.05, 4.69) is 9.71 Å². The highest BCUT2D eigenvalue weighted by molar-refractivity contribution is 7.99. The Labute approximate surface area is 208 Å². The Balaban J connectivity index is 1.80. The lowest BCUT2D eigenvalue weighted by atomic mass is 9.96. The van der Waals surface area contributed by atoms with E-state index in [1.807, 2.05) is 60.2 Å². The van der Waals surface area contributed by atoms with Crippen LogP contribution in [0.2, 0.25) is 0 Å². The SMILES string of the molecule is COc1c(-c2cccs2)cc(-n2ccc(=O)[nH]c2=O)c(F)c1-c1ccc2cc(NSC)ccc2c1. The molecule has 2 N–H and O–H groups in total. The number of halogens is 1. The third kappa shape index (κ3) is 4.24. The van der Waals surface area contributed by atoms with Crippen LogP contribution in [0.15, 0.2) is 81.8 Å². The van der Waals surface area contributed by atoms with Gasteiger partial charge in [0.15, 0.2) is 5.82 Å². The first-order chi connectivity index (χ1) is 17.0. The molecule has 0 fully saturated rings. The van der Waals surface area contributed by atoms with Gasteiger partial charge in [-0.15, -0.1) is 11.3 Å². The molecule has 0 spiro atoms. The summed E-state index contributed by atoms with van der Waals surface area (Å²) in [5.41, 5.74) is 1.20. The van der Waals surface area contributed by atoms with Gasteiger partial charge in [-0.25, -0.2) is 9.18 Å². The zero-order chi connectivity index (χ0) is 24.5. The maximum Gasteiger partial charge on any atom is 0.333 e. The number of thiophene rings is 1. The highest BCUT2D eigenvalue weighted by atomic mass is 32.2. The molecular formula is C26H20FN3O3S2. The summed E-state index contributed by atoms with van der Waals surface area (Å²) in [4.78, 5) is 27.2. The fraction of sp³-hybridized carbons (Fsp3) is 0.0769. The first kappa shape index (κ1) is 22.9. The van der Waals surface area contributed by atoms with E-state index in [0.29, 0.717) is 16.9 Å². The van der Waals surface area contributed by atoms with Crippen molar-refractivity contribution in [1.29, 1.82) is 0 Å². The molecular weight excluding hydrogens is 485 g/mol. The Bertz CT molecular complexity index is 1660. The molecule has 3 aromatic carbocycles. The third-order valence-electron chi connectivity index (χ3n) is 5.62. The molecule has 2 aromatic heterocycles. The van der Waals surface area contributed by atoms with Gasteiger partial charge in [0.2, 0.25) is 0 Å². The number of aromatic nitrogens is 2. The summed E-state index contributed by atoms with van der Waals surface area (Å²) in [5.74, 6) is -0.262. The Morgan fingerprint density at radius 1 is 1.06 bits per heavy atom. The lowest BCUT2D eigenvalue weighted by Gasteiger charge is -2.18. The molecule has 0 unspecified atom stereocenters. The van der Waals surface area contributed by atoms with Crippen LogP contribution in [0.5, 0.6) is 5.75 Å². The molecule has 0 atom stereocenters. The van der Waals surface area contributed by atoms with Crippen molar-refractivity contribution in [3.8, 4) is 33.0 Å². The number of nitrogens with one attached hydrogen (secondary N) is 2. The number of anilines is 1. The number of ether oxygens (including phenoxy) is 1. The summed E-state index contributed by atoms with van der Waals surface area (Å²) in [6, 6.07) is 18.2. The van der Waals surface area contributed by atoms with Crippen LogP contribution in [0.3, 0.4) is 0 Å². The first-order valence-corrected chi connectivity index (χ1v) is 12.7. The van der Waals surface area contributed by atoms with Crippen molar-refractivity contribution in [2.24, 2.45) is 0 Å². The van der Waals surface area contributed by atoms with E-state index < -0.39 is 17.1 Å². The Morgan fingerprint density at radius 2 is 1.86 bits per heavy atom. The van der Waals surface area contributed by atoms with Crippen LogP contribution in [-0.4, -0.2) is 22.9 Å². The van der Waals surface area contributed by atoms with E-state index in [4.69, 9.17) is 4.74 Å². The van der Waals surface area contributed by atoms with Crippen molar-refractivity contribution in [2.45, 2.75) is 0 Å². The molecule has 0 aliphatic rings. The highest BCUT2D eigenvalue weighted by Crippen LogP contribution is 2.45. The van der Waals surface area contributed by atoms with Gasteiger partial charge in [0.05, 0.1) is 18.4 Å². The fourth-order valence-electron chi connectivity index (χ4n) is 4.08. The van der Waals surface area contributed by atoms with Gasteiger partial charge in [0, 0.05) is 34.6 Å². The molecule has 35 heavy (non-hydrogen) atoms. The summed E-state index contributed by atoms with van der Waals surface area (Å²) < 4.78 is 26.3. The van der Waals surface area contributed by atoms with Crippen molar-refractivity contribution < 1.29 is 9.13 Å². The molecule has 5 aromatic rings. The minimum absolute atomic E-state index is 0.0186. The van der Waals surface area contributed by atoms with Crippen LogP contribution in [0, 0.1) is 5.82 Å². The summed E-state index contributed by atoms with van der Waals surface area (Å²) >= 11 is 2.98. The lowest BCUT2D eigenvalue weighted by molar-refractivity contribution is 0.415. The van der Waals surface area contributed by atoms with E-state index >= 15 is 4.39 Å². The second kappa shape index (κ2) is 9.44. The average molecular weight is 506 g/mol. The zero-order valence-electron chi connectivity index (χ0n) is 18.8. The number of nitrogens with zero attached hydrogens (tertiary/aromatic N) is 1. The molecule has 2 heterocycles. The molecule has 5 rings (SSSR count). The molecule has 0 radical (unpaired) electrons. The Kier molecular flexibility index (Phi) is 6.19. The molecule has 0 saturated carbocycles. The maximum atomic E-state index is 16.2. The van der Waals surface area contributed by atoms with Gasteiger partial charge in [0.25, 0.3) is 5.56 Å². The molecule has 0 amide bonds. The number of hydrogen-bond acceptors (Lipinski definition) is 6. The van der Waals surface area contributed by atoms with Crippen molar-refractivity contribution >= 4 is 39.7 Å². The predicted octanol–water partition coefficient (Wildman–Crippen LogP) is 5.91. The van der Waals surface area contributed by atoms with Crippen molar-refractivity contribution in [2.75, 3.05) is 18.1 Å². The molecule has 9 heteroatoms. The van der Waals surface area contributed by atoms with E-state index in [9.17, 15) is 9.59 Å². The number of aromatic amines is 1. The maximum absolute atomic E-state index is 16.2. The second-order valence-corrected chi connectivity index (χ2v) is 9.27. The smallest absolute Gasteiger partial charge is 0.333 e. The van der Waals surface area contributed by atoms with Gasteiger partial charge >= 0.3 is 5.69 Å². The molecule has 0 aliphatic carbocycles. The largest absolute Gasteiger partial charge is 0.495 e. The van der Waals surface area contributed by atoms with Crippen LogP contribution in [0.4, 0.5) is 10.1 Å². The molecule has 0 saturated heterocycles. The monoisotopic (exact) mass is 505 g/mol. The lowest BCUT2D eigenvalue weighted by Crippen LogP contribution is -2.28. The fourth-order valence-corrected chi connectivity index (χ4v) is 5.18. The third-order valence-corrected chi connectivity index (χ3v) is 6.96. The number of benzene rings is 3. The molecule has 0 aliphatic heterocycles. The summed E-state index contributed by atoms with van der Waals surface area (Å²) in [5, 5.41) is 3.85. The highest BCUT2D eigenvalue weighted by Gasteiger charge is 2.24. The normalized spacial score (nSPS) is 11.1. The van der Waals surface area contributed by atoms with Gasteiger partial charge in [-0.05, 0) is 52.0 Å². The topological polar surface area (TPSA) is 76.1 Å². The quantitative estimate of drug-likeness (QED) is 0.281. The average Bonchev–Trinajstić information content (AvgIpc) is 3.39. The number of H-pyrrole nitrogens is 1. The van der Waals surface area contributed by atoms with Crippen LogP contribution < -0.4 is 20.7 Å². The second-order valence-electron chi connectivity index (χ2n) is 7.71. The predicted molar refractivity (Wildman–Crippen MR) is 143 cm³/mol. The first-order valence-electron chi connectivity index (χ1n) is 10.6. The van der Waals surface area contributed by atoms with Gasteiger partial charge in [-0.3, -0.25) is 14.3 Å². The van der Waals surface area contributed by atoms with Crippen LogP contribution in [0.1, 0.15) is 0 Å². The van der Waals surface area contributed by atoms with Gasteiger partial charge in [-0.2, -0.15) is 0 Å². The van der Waals surface area contributed by atoms with Crippen LogP contribution in [0.25, 0.3) is 38.0 Å². The van der Waals surface area contributed by atoms with Crippen molar-refractivity contribution in [3.05, 3.63) is 98.9 Å². The molecule has 176 valence electrons. The van der Waals surface area contributed by atoms with Crippen molar-refractivity contribution in [1.82, 2.24) is 9.55 Å². The minimum atomic E-state index is -0.725. The Hall–Kier alpha value is -3.82. The summed E-state index contributed by atoms with van der Waals surface area (Å²) in [6.45, 7) is 0. The standard InChI is InChI=1S/C26H20FN3O3S2/c1-33-25-19(21-4-3-11-35-21)14-20(30-10-9-22(31)28-26(30)32)24(27)23(25)17-6-5-16-13-18(29-34-2)8-7-15(16)12-17/h3-14,29H,1-2H3,(H,28,31,32). The van der Waals surface area contributed by atoms with E-state index in [-0.39, 0.29) is 11.3 Å². The van der Waals surface area contributed by atoms with Gasteiger partial charge < -0.3 is 9.46 Å². The summed E-state index contributed by atoms with van der Waals surface area (Å²) in [6.07, 6.45) is 3.23. The number of methoxy groups -OCH3 is 1. The van der Waals surface area contributed by atoms with Crippen LogP contribution in [-0.2, 0) is 0 Å². The van der Waals surface area contributed by atoms with E-state index in [0.717, 1.165) is 25.9 Å². The molecule has 0 bridgehead atoms. The summed E-state index contributed by atoms with van der Waals surface area (Å²) in [7, 11) is 1.50. The van der Waals surface area contributed by atoms with Crippen LogP contribution >= 0.6 is 23.3 Å². The van der Waals surface area contributed by atoms with E-state index in [1.165, 1.54) is 42.7 Å². The number of rotatable bonds is 6. The molecule has 6 nitrogen and oxygen atoms in total. The van der Waals surface area contributed by atoms with Gasteiger partial charge in [0.1, 0.15) is 5.75 Å². The van der Waals surface area contributed by atoms with Gasteiger partial charge in [-0.1, -0.05) is 36.2 Å². The Morgan fingerprint density at radius 3 is 2.57 bits per heavy atom. The van der Waals surface area contributed by atoms with E-state index in [1.54, 1.807) is 6.07 Å². The number of fused-ring (bicyclic) bond motifs is 1. The number of hydrogen-bond donors (Lipinski definition) is 2.